The molecule has 0 saturated carbocycles. The molecule has 7 heteroatoms. The Morgan fingerprint density at radius 2 is 1.87 bits per heavy atom. The normalized spacial score (nSPS) is 15.7. The molecular formula is C23H23FN2O3S. The molecule has 0 atom stereocenters. The van der Waals surface area contributed by atoms with Crippen LogP contribution in [0.4, 0.5) is 10.1 Å². The van der Waals surface area contributed by atoms with Gasteiger partial charge in [0, 0.05) is 0 Å². The summed E-state index contributed by atoms with van der Waals surface area (Å²) in [5.41, 5.74) is 2.94. The fraction of sp³-hybridized carbons (Fsp3) is 0.261. The van der Waals surface area contributed by atoms with E-state index in [1.165, 1.54) is 29.2 Å². The first kappa shape index (κ1) is 21.6. The van der Waals surface area contributed by atoms with Gasteiger partial charge in [0.2, 0.25) is 0 Å². The Morgan fingerprint density at radius 1 is 1.20 bits per heavy atom. The number of halogens is 1. The van der Waals surface area contributed by atoms with Crippen molar-refractivity contribution >= 4 is 40.9 Å². The molecule has 30 heavy (non-hydrogen) atoms. The molecule has 1 heterocycles. The maximum absolute atomic E-state index is 13.3. The molecule has 2 amide bonds. The van der Waals surface area contributed by atoms with Gasteiger partial charge in [0.1, 0.15) is 17.1 Å². The molecule has 1 fully saturated rings. The first-order valence-electron chi connectivity index (χ1n) is 9.67. The number of nitrogens with one attached hydrogen (secondary N) is 1. The van der Waals surface area contributed by atoms with Crippen molar-refractivity contribution in [2.75, 3.05) is 11.5 Å². The Labute approximate surface area is 180 Å². The molecule has 1 aliphatic rings. The van der Waals surface area contributed by atoms with Crippen LogP contribution in [0.15, 0.2) is 42.0 Å². The fourth-order valence-electron chi connectivity index (χ4n) is 3.24. The summed E-state index contributed by atoms with van der Waals surface area (Å²) in [6.45, 7) is 8.47. The third-order valence-corrected chi connectivity index (χ3v) is 5.09. The van der Waals surface area contributed by atoms with Crippen molar-refractivity contribution in [2.24, 2.45) is 0 Å². The van der Waals surface area contributed by atoms with E-state index in [1.54, 1.807) is 6.08 Å². The number of hydrogen-bond acceptors (Lipinski definition) is 4. The zero-order valence-electron chi connectivity index (χ0n) is 17.3. The van der Waals surface area contributed by atoms with Crippen molar-refractivity contribution in [1.29, 1.82) is 0 Å². The highest BCUT2D eigenvalue weighted by Gasteiger charge is 2.34. The smallest absolute Gasteiger partial charge is 0.270 e. The molecule has 0 aromatic heterocycles. The SMILES string of the molecule is CCOc1cc(C)c(C=C2C(=O)NC(=S)N(c3ccc(F)cc3)C2=O)cc1C(C)C. The third-order valence-electron chi connectivity index (χ3n) is 4.81. The van der Waals surface area contributed by atoms with Crippen molar-refractivity contribution in [1.82, 2.24) is 5.32 Å². The summed E-state index contributed by atoms with van der Waals surface area (Å²) < 4.78 is 19.0. The number of aryl methyl sites for hydroxylation is 1. The number of hydrogen-bond donors (Lipinski definition) is 1. The monoisotopic (exact) mass is 426 g/mol. The summed E-state index contributed by atoms with van der Waals surface area (Å²) in [5.74, 6) is -0.568. The van der Waals surface area contributed by atoms with E-state index in [-0.39, 0.29) is 16.6 Å². The van der Waals surface area contributed by atoms with E-state index in [4.69, 9.17) is 17.0 Å². The molecular weight excluding hydrogens is 403 g/mol. The highest BCUT2D eigenvalue weighted by molar-refractivity contribution is 7.80. The Kier molecular flexibility index (Phi) is 6.31. The predicted molar refractivity (Wildman–Crippen MR) is 119 cm³/mol. The second-order valence-corrected chi connectivity index (χ2v) is 7.66. The van der Waals surface area contributed by atoms with E-state index in [0.717, 1.165) is 22.4 Å². The summed E-state index contributed by atoms with van der Waals surface area (Å²) in [5, 5.41) is 2.50. The van der Waals surface area contributed by atoms with Crippen LogP contribution < -0.4 is 15.0 Å². The Balaban J connectivity index is 2.06. The third kappa shape index (κ3) is 4.26. The summed E-state index contributed by atoms with van der Waals surface area (Å²) in [6.07, 6.45) is 1.56. The van der Waals surface area contributed by atoms with Crippen molar-refractivity contribution in [3.8, 4) is 5.75 Å². The van der Waals surface area contributed by atoms with E-state index in [2.05, 4.69) is 19.2 Å². The molecule has 0 unspecified atom stereocenters. The lowest BCUT2D eigenvalue weighted by Gasteiger charge is -2.29. The van der Waals surface area contributed by atoms with E-state index >= 15 is 0 Å². The molecule has 156 valence electrons. The average Bonchev–Trinajstić information content (AvgIpc) is 2.67. The second-order valence-electron chi connectivity index (χ2n) is 7.27. The number of rotatable bonds is 5. The quantitative estimate of drug-likeness (QED) is 0.435. The zero-order valence-corrected chi connectivity index (χ0v) is 18.1. The predicted octanol–water partition coefficient (Wildman–Crippen LogP) is 4.49. The molecule has 0 radical (unpaired) electrons. The van der Waals surface area contributed by atoms with Gasteiger partial charge < -0.3 is 4.74 Å². The zero-order chi connectivity index (χ0) is 22.0. The van der Waals surface area contributed by atoms with Crippen LogP contribution in [0.1, 0.15) is 43.4 Å². The summed E-state index contributed by atoms with van der Waals surface area (Å²) in [7, 11) is 0. The number of amides is 2. The molecule has 1 N–H and O–H groups in total. The molecule has 5 nitrogen and oxygen atoms in total. The maximum Gasteiger partial charge on any atom is 0.270 e. The fourth-order valence-corrected chi connectivity index (χ4v) is 3.52. The molecule has 0 aliphatic carbocycles. The highest BCUT2D eigenvalue weighted by atomic mass is 32.1. The minimum Gasteiger partial charge on any atom is -0.494 e. The first-order valence-corrected chi connectivity index (χ1v) is 10.1. The van der Waals surface area contributed by atoms with Gasteiger partial charge in [-0.1, -0.05) is 13.8 Å². The summed E-state index contributed by atoms with van der Waals surface area (Å²) >= 11 is 5.18. The van der Waals surface area contributed by atoms with Crippen molar-refractivity contribution in [3.63, 3.8) is 0 Å². The van der Waals surface area contributed by atoms with Gasteiger partial charge in [-0.2, -0.15) is 0 Å². The molecule has 0 bridgehead atoms. The molecule has 2 aromatic rings. The van der Waals surface area contributed by atoms with E-state index in [0.29, 0.717) is 12.3 Å². The number of carbonyl (C=O) groups is 2. The highest BCUT2D eigenvalue weighted by Crippen LogP contribution is 2.31. The Morgan fingerprint density at radius 3 is 2.47 bits per heavy atom. The lowest BCUT2D eigenvalue weighted by atomic mass is 9.95. The van der Waals surface area contributed by atoms with Crippen LogP contribution in [0.25, 0.3) is 6.08 Å². The number of benzene rings is 2. The van der Waals surface area contributed by atoms with Crippen molar-refractivity contribution < 1.29 is 18.7 Å². The van der Waals surface area contributed by atoms with Gasteiger partial charge in [-0.3, -0.25) is 19.8 Å². The number of carbonyl (C=O) groups excluding carboxylic acids is 2. The minimum absolute atomic E-state index is 0.0416. The average molecular weight is 427 g/mol. The van der Waals surface area contributed by atoms with Gasteiger partial charge in [-0.15, -0.1) is 0 Å². The molecule has 2 aromatic carbocycles. The molecule has 1 aliphatic heterocycles. The second kappa shape index (κ2) is 8.75. The largest absolute Gasteiger partial charge is 0.494 e. The van der Waals surface area contributed by atoms with Gasteiger partial charge in [-0.25, -0.2) is 4.39 Å². The van der Waals surface area contributed by atoms with Crippen LogP contribution in [0.2, 0.25) is 0 Å². The van der Waals surface area contributed by atoms with Gasteiger partial charge in [0.05, 0.1) is 12.3 Å². The van der Waals surface area contributed by atoms with Crippen LogP contribution in [-0.4, -0.2) is 23.5 Å². The number of nitrogens with zero attached hydrogens (tertiary/aromatic N) is 1. The summed E-state index contributed by atoms with van der Waals surface area (Å²) in [4.78, 5) is 26.9. The molecule has 0 spiro atoms. The van der Waals surface area contributed by atoms with Crippen molar-refractivity contribution in [3.05, 3.63) is 64.5 Å². The Bertz CT molecular complexity index is 1050. The molecule has 1 saturated heterocycles. The van der Waals surface area contributed by atoms with Crippen LogP contribution in [0, 0.1) is 12.7 Å². The van der Waals surface area contributed by atoms with Crippen LogP contribution in [-0.2, 0) is 9.59 Å². The van der Waals surface area contributed by atoms with Gasteiger partial charge in [-0.05, 0) is 91.1 Å². The Hall–Kier alpha value is -3.06. The van der Waals surface area contributed by atoms with Crippen molar-refractivity contribution in [2.45, 2.75) is 33.6 Å². The molecule has 3 rings (SSSR count). The van der Waals surface area contributed by atoms with E-state index < -0.39 is 17.6 Å². The van der Waals surface area contributed by atoms with E-state index in [9.17, 15) is 14.0 Å². The van der Waals surface area contributed by atoms with Gasteiger partial charge in [0.15, 0.2) is 5.11 Å². The number of ether oxygens (including phenoxy) is 1. The number of anilines is 1. The standard InChI is InChI=1S/C23H23FN2O3S/c1-5-29-20-10-14(4)15(11-18(20)13(2)3)12-19-21(27)25-23(30)26(22(19)28)17-8-6-16(24)7-9-17/h6-13H,5H2,1-4H3,(H,25,27,30). The van der Waals surface area contributed by atoms with Gasteiger partial charge in [0.25, 0.3) is 11.8 Å². The van der Waals surface area contributed by atoms with Crippen LogP contribution in [0.3, 0.4) is 0 Å². The summed E-state index contributed by atoms with van der Waals surface area (Å²) in [6, 6.07) is 9.20. The lowest BCUT2D eigenvalue weighted by Crippen LogP contribution is -2.54. The lowest BCUT2D eigenvalue weighted by molar-refractivity contribution is -0.122. The topological polar surface area (TPSA) is 58.6 Å². The number of thiocarbonyl (C=S) groups is 1. The van der Waals surface area contributed by atoms with Crippen LogP contribution >= 0.6 is 12.2 Å². The minimum atomic E-state index is -0.567. The van der Waals surface area contributed by atoms with Gasteiger partial charge >= 0.3 is 0 Å². The van der Waals surface area contributed by atoms with Crippen LogP contribution in [0.5, 0.6) is 5.75 Å². The maximum atomic E-state index is 13.3. The first-order chi connectivity index (χ1) is 14.2. The van der Waals surface area contributed by atoms with E-state index in [1.807, 2.05) is 26.0 Å².